The molecule has 0 bridgehead atoms. The first-order valence-corrected chi connectivity index (χ1v) is 5.30. The Balaban J connectivity index is 3.74. The zero-order chi connectivity index (χ0) is 10.3. The van der Waals surface area contributed by atoms with Crippen molar-refractivity contribution >= 4 is 5.78 Å². The molecule has 0 aliphatic heterocycles. The molecule has 0 unspecified atom stereocenters. The summed E-state index contributed by atoms with van der Waals surface area (Å²) in [5.41, 5.74) is 0.990. The first kappa shape index (κ1) is 12.4. The van der Waals surface area contributed by atoms with Crippen molar-refractivity contribution < 1.29 is 4.79 Å². The molecule has 0 radical (unpaired) electrons. The molecule has 0 amide bonds. The van der Waals surface area contributed by atoms with Crippen molar-refractivity contribution in [3.8, 4) is 0 Å². The average Bonchev–Trinajstić information content (AvgIpc) is 2.05. The van der Waals surface area contributed by atoms with Gasteiger partial charge in [0.2, 0.25) is 0 Å². The van der Waals surface area contributed by atoms with Crippen LogP contribution >= 0.6 is 0 Å². The Morgan fingerprint density at radius 1 is 1.38 bits per heavy atom. The van der Waals surface area contributed by atoms with Gasteiger partial charge in [-0.25, -0.2) is 0 Å². The van der Waals surface area contributed by atoms with Gasteiger partial charge in [0.25, 0.3) is 0 Å². The highest BCUT2D eigenvalue weighted by Gasteiger charge is 2.06. The molecule has 0 rings (SSSR count). The monoisotopic (exact) mass is 182 g/mol. The molecule has 0 aliphatic carbocycles. The van der Waals surface area contributed by atoms with E-state index in [1.165, 1.54) is 0 Å². The number of carbonyl (C=O) groups excluding carboxylic acids is 1. The lowest BCUT2D eigenvalue weighted by atomic mass is 10.00. The van der Waals surface area contributed by atoms with Crippen LogP contribution in [-0.2, 0) is 4.79 Å². The topological polar surface area (TPSA) is 17.1 Å². The number of rotatable bonds is 6. The van der Waals surface area contributed by atoms with Gasteiger partial charge in [-0.1, -0.05) is 33.3 Å². The van der Waals surface area contributed by atoms with Crippen LogP contribution in [0.1, 0.15) is 53.4 Å². The highest BCUT2D eigenvalue weighted by Crippen LogP contribution is 2.11. The zero-order valence-electron chi connectivity index (χ0n) is 9.39. The molecule has 76 valence electrons. The van der Waals surface area contributed by atoms with Gasteiger partial charge in [-0.15, -0.1) is 0 Å². The largest absolute Gasteiger partial charge is 0.295 e. The van der Waals surface area contributed by atoms with Crippen LogP contribution in [0.25, 0.3) is 0 Å². The summed E-state index contributed by atoms with van der Waals surface area (Å²) in [6.45, 7) is 8.37. The molecule has 1 nitrogen and oxygen atoms in total. The van der Waals surface area contributed by atoms with Crippen LogP contribution in [0.5, 0.6) is 0 Å². The van der Waals surface area contributed by atoms with Gasteiger partial charge in [-0.05, 0) is 31.3 Å². The molecule has 1 heteroatoms. The van der Waals surface area contributed by atoms with Crippen LogP contribution in [0, 0.1) is 5.92 Å². The second-order valence-corrected chi connectivity index (χ2v) is 3.88. The second kappa shape index (κ2) is 6.88. The van der Waals surface area contributed by atoms with E-state index in [9.17, 15) is 4.79 Å². The maximum atomic E-state index is 11.5. The summed E-state index contributed by atoms with van der Waals surface area (Å²) in [6.07, 6.45) is 5.74. The highest BCUT2D eigenvalue weighted by molar-refractivity contribution is 5.95. The van der Waals surface area contributed by atoms with Gasteiger partial charge in [0.15, 0.2) is 5.78 Å². The molecule has 0 aromatic heterocycles. The summed E-state index contributed by atoms with van der Waals surface area (Å²) in [7, 11) is 0. The fraction of sp³-hybridized carbons (Fsp3) is 0.750. The maximum absolute atomic E-state index is 11.5. The van der Waals surface area contributed by atoms with E-state index in [1.807, 2.05) is 19.9 Å². The van der Waals surface area contributed by atoms with Crippen molar-refractivity contribution in [3.63, 3.8) is 0 Å². The van der Waals surface area contributed by atoms with Crippen molar-refractivity contribution in [2.45, 2.75) is 53.4 Å². The number of carbonyl (C=O) groups is 1. The fourth-order valence-corrected chi connectivity index (χ4v) is 1.39. The van der Waals surface area contributed by atoms with Gasteiger partial charge < -0.3 is 0 Å². The van der Waals surface area contributed by atoms with Crippen LogP contribution in [0.3, 0.4) is 0 Å². The van der Waals surface area contributed by atoms with Gasteiger partial charge in [0.05, 0.1) is 0 Å². The van der Waals surface area contributed by atoms with Gasteiger partial charge in [-0.3, -0.25) is 4.79 Å². The van der Waals surface area contributed by atoms with Crippen molar-refractivity contribution in [1.29, 1.82) is 0 Å². The molecule has 0 atom stereocenters. The van der Waals surface area contributed by atoms with Crippen molar-refractivity contribution in [2.24, 2.45) is 5.92 Å². The Labute approximate surface area is 82.2 Å². The third-order valence-corrected chi connectivity index (χ3v) is 2.27. The number of hydrogen-bond acceptors (Lipinski definition) is 1. The quantitative estimate of drug-likeness (QED) is 0.572. The lowest BCUT2D eigenvalue weighted by Crippen LogP contribution is -2.02. The number of allylic oxidation sites excluding steroid dienone is 2. The third kappa shape index (κ3) is 5.62. The molecule has 0 saturated carbocycles. The molecule has 0 aromatic rings. The normalized spacial score (nSPS) is 12.2. The molecule has 13 heavy (non-hydrogen) atoms. The number of ketones is 1. The van der Waals surface area contributed by atoms with Gasteiger partial charge >= 0.3 is 0 Å². The Kier molecular flexibility index (Phi) is 6.56. The maximum Gasteiger partial charge on any atom is 0.158 e. The highest BCUT2D eigenvalue weighted by atomic mass is 16.1. The summed E-state index contributed by atoms with van der Waals surface area (Å²) in [6, 6.07) is 0. The Hall–Kier alpha value is -0.590. The number of hydrogen-bond donors (Lipinski definition) is 0. The first-order chi connectivity index (χ1) is 6.11. The Morgan fingerprint density at radius 2 is 2.00 bits per heavy atom. The van der Waals surface area contributed by atoms with Crippen molar-refractivity contribution in [2.75, 3.05) is 0 Å². The number of Topliss-reactive ketones (excluding diaryl/α,β-unsaturated/α-hetero) is 1. The van der Waals surface area contributed by atoms with Gasteiger partial charge in [0, 0.05) is 6.42 Å². The first-order valence-electron chi connectivity index (χ1n) is 5.30. The van der Waals surface area contributed by atoms with E-state index in [1.54, 1.807) is 0 Å². The summed E-state index contributed by atoms with van der Waals surface area (Å²) in [4.78, 5) is 11.5. The summed E-state index contributed by atoms with van der Waals surface area (Å²) in [5.74, 6) is 1.05. The molecule has 0 saturated heterocycles. The van der Waals surface area contributed by atoms with Crippen molar-refractivity contribution in [1.82, 2.24) is 0 Å². The van der Waals surface area contributed by atoms with Crippen LogP contribution < -0.4 is 0 Å². The summed E-state index contributed by atoms with van der Waals surface area (Å²) in [5, 5.41) is 0. The summed E-state index contributed by atoms with van der Waals surface area (Å²) < 4.78 is 0. The summed E-state index contributed by atoms with van der Waals surface area (Å²) >= 11 is 0. The van der Waals surface area contributed by atoms with E-state index in [-0.39, 0.29) is 0 Å². The van der Waals surface area contributed by atoms with Crippen LogP contribution in [0.4, 0.5) is 0 Å². The van der Waals surface area contributed by atoms with E-state index in [0.29, 0.717) is 11.7 Å². The van der Waals surface area contributed by atoms with Gasteiger partial charge in [-0.2, -0.15) is 0 Å². The lowest BCUT2D eigenvalue weighted by molar-refractivity contribution is -0.115. The molecule has 0 heterocycles. The molecule has 0 spiro atoms. The minimum Gasteiger partial charge on any atom is -0.295 e. The second-order valence-electron chi connectivity index (χ2n) is 3.88. The molecule has 0 aromatic carbocycles. The molecule has 0 aliphatic rings. The lowest BCUT2D eigenvalue weighted by Gasteiger charge is -2.05. The molecule has 0 fully saturated rings. The third-order valence-electron chi connectivity index (χ3n) is 2.27. The van der Waals surface area contributed by atoms with E-state index >= 15 is 0 Å². The van der Waals surface area contributed by atoms with Crippen LogP contribution in [0.2, 0.25) is 0 Å². The van der Waals surface area contributed by atoms with Crippen LogP contribution in [0.15, 0.2) is 11.6 Å². The zero-order valence-corrected chi connectivity index (χ0v) is 9.39. The standard InChI is InChI=1S/C12H22O/c1-5-11(6-2)12(13)9-7-8-10(3)4/h5,10H,6-9H2,1-4H3. The fourth-order valence-electron chi connectivity index (χ4n) is 1.39. The van der Waals surface area contributed by atoms with E-state index in [4.69, 9.17) is 0 Å². The SMILES string of the molecule is CC=C(CC)C(=O)CCCC(C)C. The molecular weight excluding hydrogens is 160 g/mol. The van der Waals surface area contributed by atoms with Gasteiger partial charge in [0.1, 0.15) is 0 Å². The Morgan fingerprint density at radius 3 is 2.38 bits per heavy atom. The van der Waals surface area contributed by atoms with E-state index in [0.717, 1.165) is 31.3 Å². The van der Waals surface area contributed by atoms with E-state index < -0.39 is 0 Å². The smallest absolute Gasteiger partial charge is 0.158 e. The minimum absolute atomic E-state index is 0.339. The predicted molar refractivity (Wildman–Crippen MR) is 57.7 cm³/mol. The van der Waals surface area contributed by atoms with Crippen molar-refractivity contribution in [3.05, 3.63) is 11.6 Å². The van der Waals surface area contributed by atoms with Crippen LogP contribution in [-0.4, -0.2) is 5.78 Å². The van der Waals surface area contributed by atoms with E-state index in [2.05, 4.69) is 13.8 Å². The minimum atomic E-state index is 0.339. The Bertz CT molecular complexity index is 178. The molecular formula is C12H22O. The predicted octanol–water partition coefficient (Wildman–Crippen LogP) is 3.74. The average molecular weight is 182 g/mol. The molecule has 0 N–H and O–H groups in total.